The number of aldehydes is 1. The van der Waals surface area contributed by atoms with Crippen LogP contribution in [0.1, 0.15) is 31.1 Å². The van der Waals surface area contributed by atoms with Gasteiger partial charge in [-0.25, -0.2) is 4.79 Å². The number of benzene rings is 1. The zero-order valence-corrected chi connectivity index (χ0v) is 11.8. The van der Waals surface area contributed by atoms with Crippen molar-refractivity contribution in [1.82, 2.24) is 0 Å². The summed E-state index contributed by atoms with van der Waals surface area (Å²) in [6, 6.07) is 5.16. The van der Waals surface area contributed by atoms with Crippen molar-refractivity contribution in [2.75, 3.05) is 11.6 Å². The quantitative estimate of drug-likeness (QED) is 0.672. The number of thioether (sulfide) groups is 1. The topological polar surface area (TPSA) is 55.4 Å². The van der Waals surface area contributed by atoms with Gasteiger partial charge < -0.3 is 4.74 Å². The van der Waals surface area contributed by atoms with E-state index in [9.17, 15) is 9.59 Å². The van der Waals surface area contributed by atoms with Crippen molar-refractivity contribution in [3.8, 4) is 0 Å². The van der Waals surface area contributed by atoms with Crippen LogP contribution in [0.5, 0.6) is 0 Å². The monoisotopic (exact) mass is 267 g/mol. The highest BCUT2D eigenvalue weighted by Gasteiger charge is 2.16. The fourth-order valence-electron chi connectivity index (χ4n) is 1.30. The fourth-order valence-corrected chi connectivity index (χ4v) is 1.80. The van der Waals surface area contributed by atoms with E-state index >= 15 is 0 Å². The van der Waals surface area contributed by atoms with E-state index in [-0.39, 0.29) is 0 Å². The summed E-state index contributed by atoms with van der Waals surface area (Å²) in [5.41, 5.74) is 0.528. The van der Waals surface area contributed by atoms with Gasteiger partial charge in [-0.3, -0.25) is 10.1 Å². The molecule has 0 atom stereocenters. The van der Waals surface area contributed by atoms with Crippen LogP contribution in [0.15, 0.2) is 23.1 Å². The first-order valence-corrected chi connectivity index (χ1v) is 6.71. The van der Waals surface area contributed by atoms with Gasteiger partial charge in [-0.2, -0.15) is 0 Å². The highest BCUT2D eigenvalue weighted by molar-refractivity contribution is 7.98. The van der Waals surface area contributed by atoms with Crippen LogP contribution in [0.25, 0.3) is 0 Å². The second-order valence-electron chi connectivity index (χ2n) is 4.74. The van der Waals surface area contributed by atoms with Crippen LogP contribution >= 0.6 is 11.8 Å². The first-order valence-electron chi connectivity index (χ1n) is 5.48. The summed E-state index contributed by atoms with van der Waals surface area (Å²) >= 11 is 1.50. The molecule has 0 aliphatic rings. The van der Waals surface area contributed by atoms with E-state index in [1.807, 2.05) is 6.26 Å². The molecule has 0 saturated carbocycles. The average molecular weight is 267 g/mol. The Hall–Kier alpha value is -1.49. The summed E-state index contributed by atoms with van der Waals surface area (Å²) in [6.45, 7) is 5.38. The van der Waals surface area contributed by atoms with E-state index in [4.69, 9.17) is 4.74 Å². The maximum Gasteiger partial charge on any atom is 0.412 e. The van der Waals surface area contributed by atoms with Crippen LogP contribution < -0.4 is 5.32 Å². The van der Waals surface area contributed by atoms with Crippen molar-refractivity contribution in [2.24, 2.45) is 0 Å². The minimum absolute atomic E-state index is 0.521. The second kappa shape index (κ2) is 5.91. The van der Waals surface area contributed by atoms with Gasteiger partial charge in [-0.05, 0) is 45.2 Å². The molecule has 0 fully saturated rings. The smallest absolute Gasteiger partial charge is 0.412 e. The molecule has 0 heterocycles. The average Bonchev–Trinajstić information content (AvgIpc) is 2.25. The molecule has 1 aromatic carbocycles. The molecule has 5 heteroatoms. The maximum absolute atomic E-state index is 11.6. The number of rotatable bonds is 3. The van der Waals surface area contributed by atoms with Crippen molar-refractivity contribution in [3.05, 3.63) is 23.8 Å². The molecule has 0 aliphatic carbocycles. The molecule has 0 aromatic heterocycles. The normalized spacial score (nSPS) is 10.9. The van der Waals surface area contributed by atoms with Gasteiger partial charge in [-0.1, -0.05) is 0 Å². The summed E-state index contributed by atoms with van der Waals surface area (Å²) < 4.78 is 5.14. The summed E-state index contributed by atoms with van der Waals surface area (Å²) in [4.78, 5) is 23.3. The Bertz CT molecular complexity index is 452. The van der Waals surface area contributed by atoms with Gasteiger partial charge in [0.05, 0.1) is 0 Å². The third-order valence-corrected chi connectivity index (χ3v) is 2.65. The van der Waals surface area contributed by atoms with Crippen molar-refractivity contribution < 1.29 is 14.3 Å². The van der Waals surface area contributed by atoms with E-state index < -0.39 is 11.7 Å². The molecular weight excluding hydrogens is 250 g/mol. The molecule has 1 aromatic rings. The Balaban J connectivity index is 2.84. The van der Waals surface area contributed by atoms with E-state index in [2.05, 4.69) is 5.32 Å². The Labute approximate surface area is 111 Å². The van der Waals surface area contributed by atoms with Crippen LogP contribution in [-0.4, -0.2) is 24.2 Å². The molecule has 0 aliphatic heterocycles. The fraction of sp³-hybridized carbons (Fsp3) is 0.385. The Morgan fingerprint density at radius 1 is 1.33 bits per heavy atom. The van der Waals surface area contributed by atoms with Crippen LogP contribution in [0, 0.1) is 0 Å². The largest absolute Gasteiger partial charge is 0.444 e. The number of nitrogens with one attached hydrogen (secondary N) is 1. The van der Waals surface area contributed by atoms with Gasteiger partial charge in [-0.15, -0.1) is 11.8 Å². The van der Waals surface area contributed by atoms with E-state index in [1.54, 1.807) is 39.0 Å². The van der Waals surface area contributed by atoms with Crippen molar-refractivity contribution in [2.45, 2.75) is 31.3 Å². The summed E-state index contributed by atoms with van der Waals surface area (Å²) in [6.07, 6.45) is 2.12. The molecule has 0 bridgehead atoms. The van der Waals surface area contributed by atoms with Gasteiger partial charge in [0, 0.05) is 16.1 Å². The van der Waals surface area contributed by atoms with Crippen LogP contribution in [0.3, 0.4) is 0 Å². The Morgan fingerprint density at radius 2 is 2.00 bits per heavy atom. The Kier molecular flexibility index (Phi) is 4.78. The van der Waals surface area contributed by atoms with Crippen LogP contribution in [0.4, 0.5) is 10.5 Å². The molecule has 98 valence electrons. The van der Waals surface area contributed by atoms with E-state index in [1.165, 1.54) is 11.8 Å². The minimum atomic E-state index is -0.547. The molecule has 0 unspecified atom stereocenters. The highest BCUT2D eigenvalue weighted by atomic mass is 32.2. The van der Waals surface area contributed by atoms with E-state index in [0.29, 0.717) is 11.3 Å². The van der Waals surface area contributed by atoms with E-state index in [0.717, 1.165) is 11.2 Å². The predicted octanol–water partition coefficient (Wildman–Crippen LogP) is 3.57. The number of hydrogen-bond acceptors (Lipinski definition) is 4. The lowest BCUT2D eigenvalue weighted by atomic mass is 10.2. The minimum Gasteiger partial charge on any atom is -0.444 e. The first kappa shape index (κ1) is 14.6. The zero-order valence-electron chi connectivity index (χ0n) is 10.9. The van der Waals surface area contributed by atoms with Gasteiger partial charge in [0.2, 0.25) is 0 Å². The molecule has 0 saturated heterocycles. The van der Waals surface area contributed by atoms with Gasteiger partial charge in [0.25, 0.3) is 0 Å². The lowest BCUT2D eigenvalue weighted by Gasteiger charge is -2.19. The molecule has 0 spiro atoms. The molecule has 4 nitrogen and oxygen atoms in total. The number of anilines is 1. The lowest BCUT2D eigenvalue weighted by Crippen LogP contribution is -2.27. The summed E-state index contributed by atoms with van der Waals surface area (Å²) in [5.74, 6) is 0. The molecule has 1 amide bonds. The molecule has 18 heavy (non-hydrogen) atoms. The van der Waals surface area contributed by atoms with Gasteiger partial charge >= 0.3 is 6.09 Å². The SMILES string of the molecule is CSc1cc(C=O)cc(NC(=O)OC(C)(C)C)c1. The molecule has 1 rings (SSSR count). The second-order valence-corrected chi connectivity index (χ2v) is 5.62. The first-order chi connectivity index (χ1) is 8.34. The van der Waals surface area contributed by atoms with Crippen LogP contribution in [0.2, 0.25) is 0 Å². The number of ether oxygens (including phenoxy) is 1. The summed E-state index contributed by atoms with van der Waals surface area (Å²) in [5, 5.41) is 2.61. The standard InChI is InChI=1S/C13H17NO3S/c1-13(2,3)17-12(16)14-10-5-9(8-15)6-11(7-10)18-4/h5-8H,1-4H3,(H,14,16). The molecular formula is C13H17NO3S. The lowest BCUT2D eigenvalue weighted by molar-refractivity contribution is 0.0635. The number of carbonyl (C=O) groups excluding carboxylic acids is 2. The van der Waals surface area contributed by atoms with Crippen LogP contribution in [-0.2, 0) is 4.74 Å². The number of carbonyl (C=O) groups is 2. The van der Waals surface area contributed by atoms with Gasteiger partial charge in [0.15, 0.2) is 0 Å². The number of amides is 1. The summed E-state index contributed by atoms with van der Waals surface area (Å²) in [7, 11) is 0. The maximum atomic E-state index is 11.6. The number of hydrogen-bond donors (Lipinski definition) is 1. The highest BCUT2D eigenvalue weighted by Crippen LogP contribution is 2.22. The van der Waals surface area contributed by atoms with Crippen molar-refractivity contribution in [3.63, 3.8) is 0 Å². The zero-order chi connectivity index (χ0) is 13.8. The molecule has 0 radical (unpaired) electrons. The predicted molar refractivity (Wildman–Crippen MR) is 73.5 cm³/mol. The Morgan fingerprint density at radius 3 is 2.50 bits per heavy atom. The van der Waals surface area contributed by atoms with Crippen molar-refractivity contribution >= 4 is 29.8 Å². The van der Waals surface area contributed by atoms with Crippen molar-refractivity contribution in [1.29, 1.82) is 0 Å². The molecule has 1 N–H and O–H groups in total. The third kappa shape index (κ3) is 4.79. The van der Waals surface area contributed by atoms with Gasteiger partial charge in [0.1, 0.15) is 11.9 Å². The third-order valence-electron chi connectivity index (χ3n) is 1.95.